The fourth-order valence-corrected chi connectivity index (χ4v) is 5.31. The van der Waals surface area contributed by atoms with Crippen molar-refractivity contribution in [3.05, 3.63) is 18.2 Å². The average Bonchev–Trinajstić information content (AvgIpc) is 3.18. The van der Waals surface area contributed by atoms with Gasteiger partial charge in [-0.3, -0.25) is 14.7 Å². The van der Waals surface area contributed by atoms with Gasteiger partial charge in [0, 0.05) is 70.6 Å². The van der Waals surface area contributed by atoms with Crippen LogP contribution >= 0.6 is 0 Å². The number of β-amino-alcohol motifs (C(OH)–C–C–N with tert-alkyl or cyclic N) is 1. The van der Waals surface area contributed by atoms with E-state index in [0.29, 0.717) is 6.04 Å². The van der Waals surface area contributed by atoms with Gasteiger partial charge in [0.1, 0.15) is 0 Å². The van der Waals surface area contributed by atoms with E-state index in [2.05, 4.69) is 36.8 Å². The number of hydrogen-bond donors (Lipinski definition) is 1. The Balaban J connectivity index is 1.24. The summed E-state index contributed by atoms with van der Waals surface area (Å²) in [7, 11) is 0. The monoisotopic (exact) mass is 375 g/mol. The molecule has 1 saturated carbocycles. The van der Waals surface area contributed by atoms with Crippen LogP contribution in [0.5, 0.6) is 0 Å². The first-order chi connectivity index (χ1) is 13.3. The van der Waals surface area contributed by atoms with E-state index in [-0.39, 0.29) is 6.61 Å². The molecule has 3 heterocycles. The summed E-state index contributed by atoms with van der Waals surface area (Å²) >= 11 is 0. The molecule has 3 aliphatic rings. The van der Waals surface area contributed by atoms with Gasteiger partial charge >= 0.3 is 0 Å². The van der Waals surface area contributed by atoms with E-state index in [1.807, 2.05) is 0 Å². The van der Waals surface area contributed by atoms with Gasteiger partial charge in [-0.15, -0.1) is 0 Å². The fourth-order valence-electron chi connectivity index (χ4n) is 5.31. The van der Waals surface area contributed by atoms with Crippen molar-refractivity contribution in [3.63, 3.8) is 0 Å². The predicted octanol–water partition coefficient (Wildman–Crippen LogP) is 1.96. The van der Waals surface area contributed by atoms with Crippen molar-refractivity contribution in [1.82, 2.24) is 24.3 Å². The average molecular weight is 376 g/mol. The fraction of sp³-hybridized carbons (Fsp3) is 0.857. The summed E-state index contributed by atoms with van der Waals surface area (Å²) in [4.78, 5) is 12.2. The van der Waals surface area contributed by atoms with Crippen molar-refractivity contribution in [1.29, 1.82) is 0 Å². The second-order valence-electron chi connectivity index (χ2n) is 8.69. The second kappa shape index (κ2) is 9.50. The van der Waals surface area contributed by atoms with Crippen LogP contribution in [0.4, 0.5) is 0 Å². The number of piperidine rings is 1. The zero-order valence-electron chi connectivity index (χ0n) is 16.8. The minimum absolute atomic E-state index is 0.288. The summed E-state index contributed by atoms with van der Waals surface area (Å²) in [5.74, 6) is 0. The van der Waals surface area contributed by atoms with Gasteiger partial charge < -0.3 is 9.67 Å². The lowest BCUT2D eigenvalue weighted by Crippen LogP contribution is -2.53. The van der Waals surface area contributed by atoms with Crippen molar-refractivity contribution in [2.45, 2.75) is 63.6 Å². The number of hydrogen-bond acceptors (Lipinski definition) is 5. The smallest absolute Gasteiger partial charge is 0.0951 e. The Labute approximate surface area is 164 Å². The Morgan fingerprint density at radius 2 is 1.59 bits per heavy atom. The van der Waals surface area contributed by atoms with Crippen molar-refractivity contribution in [2.24, 2.45) is 0 Å². The topological polar surface area (TPSA) is 47.8 Å². The molecule has 0 amide bonds. The molecule has 1 aliphatic carbocycles. The minimum atomic E-state index is 0.288. The van der Waals surface area contributed by atoms with Gasteiger partial charge in [-0.2, -0.15) is 0 Å². The number of imidazole rings is 1. The summed E-state index contributed by atoms with van der Waals surface area (Å²) in [6.07, 6.45) is 13.6. The largest absolute Gasteiger partial charge is 0.395 e. The maximum atomic E-state index is 9.10. The minimum Gasteiger partial charge on any atom is -0.395 e. The third kappa shape index (κ3) is 4.91. The molecule has 3 fully saturated rings. The van der Waals surface area contributed by atoms with Crippen LogP contribution in [-0.4, -0.2) is 87.8 Å². The van der Waals surface area contributed by atoms with Crippen molar-refractivity contribution < 1.29 is 5.11 Å². The molecular weight excluding hydrogens is 338 g/mol. The Hall–Kier alpha value is -0.950. The summed E-state index contributed by atoms with van der Waals surface area (Å²) in [5.41, 5.74) is 1.41. The molecule has 0 radical (unpaired) electrons. The number of aliphatic hydroxyl groups excluding tert-OH is 1. The summed E-state index contributed by atoms with van der Waals surface area (Å²) in [5, 5.41) is 9.10. The number of nitrogens with zero attached hydrogens (tertiary/aromatic N) is 5. The molecule has 0 atom stereocenters. The Kier molecular flexibility index (Phi) is 6.82. The Bertz CT molecular complexity index is 555. The molecule has 0 bridgehead atoms. The SMILES string of the molecule is OCCN1CCN(C2CCN(Cc3cncn3C3CCCCC3)CC2)CC1. The number of rotatable bonds is 6. The highest BCUT2D eigenvalue weighted by Crippen LogP contribution is 2.29. The number of piperazine rings is 1. The molecule has 2 saturated heterocycles. The van der Waals surface area contributed by atoms with Crippen molar-refractivity contribution >= 4 is 0 Å². The number of aromatic nitrogens is 2. The predicted molar refractivity (Wildman–Crippen MR) is 108 cm³/mol. The molecule has 1 aromatic heterocycles. The first kappa shape index (κ1) is 19.4. The van der Waals surface area contributed by atoms with Crippen LogP contribution in [0.15, 0.2) is 12.5 Å². The molecule has 0 aromatic carbocycles. The van der Waals surface area contributed by atoms with Crippen LogP contribution < -0.4 is 0 Å². The zero-order valence-corrected chi connectivity index (χ0v) is 16.8. The molecule has 152 valence electrons. The van der Waals surface area contributed by atoms with E-state index in [4.69, 9.17) is 5.11 Å². The van der Waals surface area contributed by atoms with Crippen LogP contribution in [0.1, 0.15) is 56.7 Å². The van der Waals surface area contributed by atoms with Gasteiger partial charge in [-0.1, -0.05) is 19.3 Å². The van der Waals surface area contributed by atoms with Gasteiger partial charge in [-0.05, 0) is 25.7 Å². The lowest BCUT2D eigenvalue weighted by molar-refractivity contribution is 0.0511. The molecule has 6 heteroatoms. The van der Waals surface area contributed by atoms with Crippen LogP contribution in [-0.2, 0) is 6.54 Å². The number of aliphatic hydroxyl groups is 1. The van der Waals surface area contributed by atoms with Gasteiger partial charge in [0.15, 0.2) is 0 Å². The normalized spacial score (nSPS) is 25.2. The maximum Gasteiger partial charge on any atom is 0.0951 e. The van der Waals surface area contributed by atoms with Gasteiger partial charge in [-0.25, -0.2) is 4.98 Å². The lowest BCUT2D eigenvalue weighted by atomic mass is 9.95. The van der Waals surface area contributed by atoms with E-state index >= 15 is 0 Å². The molecule has 0 unspecified atom stereocenters. The highest BCUT2D eigenvalue weighted by Gasteiger charge is 2.28. The third-order valence-corrected chi connectivity index (χ3v) is 7.00. The summed E-state index contributed by atoms with van der Waals surface area (Å²) < 4.78 is 2.48. The third-order valence-electron chi connectivity index (χ3n) is 7.00. The standard InChI is InChI=1S/C21H37N5O/c27-15-14-23-10-12-25(13-11-23)19-6-8-24(9-7-19)17-21-16-22-18-26(21)20-4-2-1-3-5-20/h16,18-20,27H,1-15,17H2. The van der Waals surface area contributed by atoms with E-state index in [0.717, 1.165) is 32.2 Å². The zero-order chi connectivity index (χ0) is 18.5. The molecule has 2 aliphatic heterocycles. The van der Waals surface area contributed by atoms with Crippen molar-refractivity contribution in [3.8, 4) is 0 Å². The maximum absolute atomic E-state index is 9.10. The van der Waals surface area contributed by atoms with Crippen LogP contribution in [0.25, 0.3) is 0 Å². The van der Waals surface area contributed by atoms with E-state index < -0.39 is 0 Å². The second-order valence-corrected chi connectivity index (χ2v) is 8.69. The van der Waals surface area contributed by atoms with Gasteiger partial charge in [0.25, 0.3) is 0 Å². The summed E-state index contributed by atoms with van der Waals surface area (Å²) in [6.45, 7) is 9.15. The first-order valence-electron chi connectivity index (χ1n) is 11.1. The summed E-state index contributed by atoms with van der Waals surface area (Å²) in [6, 6.07) is 1.43. The van der Waals surface area contributed by atoms with Crippen LogP contribution in [0.2, 0.25) is 0 Å². The van der Waals surface area contributed by atoms with Gasteiger partial charge in [0.05, 0.1) is 18.6 Å². The van der Waals surface area contributed by atoms with Gasteiger partial charge in [0.2, 0.25) is 0 Å². The van der Waals surface area contributed by atoms with Crippen LogP contribution in [0, 0.1) is 0 Å². The highest BCUT2D eigenvalue weighted by atomic mass is 16.3. The quantitative estimate of drug-likeness (QED) is 0.824. The first-order valence-corrected chi connectivity index (χ1v) is 11.1. The van der Waals surface area contributed by atoms with E-state index in [1.54, 1.807) is 0 Å². The highest BCUT2D eigenvalue weighted by molar-refractivity contribution is 5.02. The molecular formula is C21H37N5O. The Morgan fingerprint density at radius 1 is 0.852 bits per heavy atom. The molecule has 1 aromatic rings. The molecule has 4 rings (SSSR count). The van der Waals surface area contributed by atoms with E-state index in [9.17, 15) is 0 Å². The molecule has 27 heavy (non-hydrogen) atoms. The molecule has 0 spiro atoms. The molecule has 1 N–H and O–H groups in total. The van der Waals surface area contributed by atoms with Crippen molar-refractivity contribution in [2.75, 3.05) is 52.4 Å². The van der Waals surface area contributed by atoms with E-state index in [1.165, 1.54) is 76.8 Å². The van der Waals surface area contributed by atoms with Crippen LogP contribution in [0.3, 0.4) is 0 Å². The molecule has 6 nitrogen and oxygen atoms in total. The Morgan fingerprint density at radius 3 is 2.30 bits per heavy atom. The number of likely N-dealkylation sites (tertiary alicyclic amines) is 1. The lowest BCUT2D eigenvalue weighted by Gasteiger charge is -2.42.